The summed E-state index contributed by atoms with van der Waals surface area (Å²) < 4.78 is 3.31. The standard InChI is InChI=1S/C20H19N5OS/c1-13-18(14(2)24(23-13)12-16-7-5-4-6-8-16)11-21-25-15(3)22-19-17(20(25)26)9-10-27-19/h4-11H,12H2,1-3H3. The fraction of sp³-hybridized carbons (Fsp3) is 0.200. The number of benzene rings is 1. The molecule has 0 unspecified atom stereocenters. The van der Waals surface area contributed by atoms with Crippen molar-refractivity contribution in [2.45, 2.75) is 27.3 Å². The largest absolute Gasteiger partial charge is 0.282 e. The lowest BCUT2D eigenvalue weighted by molar-refractivity contribution is 0.659. The normalized spacial score (nSPS) is 11.7. The third-order valence-electron chi connectivity index (χ3n) is 4.55. The molecule has 0 aliphatic rings. The van der Waals surface area contributed by atoms with Crippen LogP contribution in [0.5, 0.6) is 0 Å². The van der Waals surface area contributed by atoms with Gasteiger partial charge in [-0.15, -0.1) is 11.3 Å². The number of nitrogens with zero attached hydrogens (tertiary/aromatic N) is 5. The van der Waals surface area contributed by atoms with Gasteiger partial charge in [-0.1, -0.05) is 30.3 Å². The number of aromatic nitrogens is 4. The lowest BCUT2D eigenvalue weighted by Crippen LogP contribution is -2.19. The first kappa shape index (κ1) is 17.4. The Hall–Kier alpha value is -3.06. The zero-order valence-corrected chi connectivity index (χ0v) is 16.2. The van der Waals surface area contributed by atoms with Crippen molar-refractivity contribution in [3.05, 3.63) is 80.5 Å². The Kier molecular flexibility index (Phi) is 4.45. The molecule has 4 aromatic rings. The fourth-order valence-electron chi connectivity index (χ4n) is 3.07. The van der Waals surface area contributed by atoms with Crippen molar-refractivity contribution < 1.29 is 0 Å². The third-order valence-corrected chi connectivity index (χ3v) is 5.36. The summed E-state index contributed by atoms with van der Waals surface area (Å²) in [4.78, 5) is 17.8. The molecule has 0 amide bonds. The van der Waals surface area contributed by atoms with Crippen LogP contribution >= 0.6 is 11.3 Å². The Balaban J connectivity index is 1.70. The zero-order valence-electron chi connectivity index (χ0n) is 15.4. The molecular formula is C20H19N5OS. The molecule has 7 heteroatoms. The second-order valence-corrected chi connectivity index (χ2v) is 7.28. The number of rotatable bonds is 4. The highest BCUT2D eigenvalue weighted by atomic mass is 32.1. The van der Waals surface area contributed by atoms with E-state index in [1.165, 1.54) is 21.6 Å². The van der Waals surface area contributed by atoms with Crippen molar-refractivity contribution in [1.82, 2.24) is 19.4 Å². The first-order valence-electron chi connectivity index (χ1n) is 8.63. The maximum atomic E-state index is 12.6. The Labute approximate surface area is 160 Å². The average molecular weight is 377 g/mol. The molecule has 0 saturated carbocycles. The monoisotopic (exact) mass is 377 g/mol. The van der Waals surface area contributed by atoms with E-state index in [1.54, 1.807) is 19.2 Å². The predicted molar refractivity (Wildman–Crippen MR) is 109 cm³/mol. The minimum Gasteiger partial charge on any atom is -0.267 e. The van der Waals surface area contributed by atoms with Gasteiger partial charge in [0.1, 0.15) is 10.7 Å². The number of fused-ring (bicyclic) bond motifs is 1. The van der Waals surface area contributed by atoms with Gasteiger partial charge >= 0.3 is 0 Å². The topological polar surface area (TPSA) is 65.1 Å². The van der Waals surface area contributed by atoms with Crippen LogP contribution in [0.2, 0.25) is 0 Å². The van der Waals surface area contributed by atoms with E-state index in [9.17, 15) is 4.79 Å². The molecule has 3 aromatic heterocycles. The van der Waals surface area contributed by atoms with Crippen LogP contribution in [0.25, 0.3) is 10.2 Å². The number of hydrogen-bond donors (Lipinski definition) is 0. The summed E-state index contributed by atoms with van der Waals surface area (Å²) >= 11 is 1.46. The van der Waals surface area contributed by atoms with Crippen LogP contribution in [0.15, 0.2) is 51.7 Å². The van der Waals surface area contributed by atoms with Crippen molar-refractivity contribution in [3.8, 4) is 0 Å². The Morgan fingerprint density at radius 3 is 2.70 bits per heavy atom. The van der Waals surface area contributed by atoms with Crippen molar-refractivity contribution in [2.24, 2.45) is 5.10 Å². The van der Waals surface area contributed by atoms with Crippen molar-refractivity contribution >= 4 is 27.8 Å². The van der Waals surface area contributed by atoms with Crippen molar-refractivity contribution in [2.75, 3.05) is 0 Å². The maximum Gasteiger partial charge on any atom is 0.282 e. The summed E-state index contributed by atoms with van der Waals surface area (Å²) in [6.45, 7) is 6.45. The summed E-state index contributed by atoms with van der Waals surface area (Å²) in [6.07, 6.45) is 1.70. The first-order chi connectivity index (χ1) is 13.0. The molecule has 4 rings (SSSR count). The molecule has 0 bridgehead atoms. The van der Waals surface area contributed by atoms with Crippen LogP contribution in [0.1, 0.15) is 28.3 Å². The molecule has 3 heterocycles. The molecule has 0 saturated heterocycles. The minimum atomic E-state index is -0.151. The van der Waals surface area contributed by atoms with Gasteiger partial charge in [-0.3, -0.25) is 9.48 Å². The van der Waals surface area contributed by atoms with E-state index >= 15 is 0 Å². The average Bonchev–Trinajstić information content (AvgIpc) is 3.22. The van der Waals surface area contributed by atoms with Gasteiger partial charge in [0.05, 0.1) is 23.8 Å². The van der Waals surface area contributed by atoms with Crippen LogP contribution in [-0.2, 0) is 6.54 Å². The summed E-state index contributed by atoms with van der Waals surface area (Å²) in [7, 11) is 0. The first-order valence-corrected chi connectivity index (χ1v) is 9.51. The predicted octanol–water partition coefficient (Wildman–Crippen LogP) is 3.51. The molecule has 27 heavy (non-hydrogen) atoms. The summed E-state index contributed by atoms with van der Waals surface area (Å²) in [5.74, 6) is 0.568. The molecule has 0 N–H and O–H groups in total. The Morgan fingerprint density at radius 2 is 1.93 bits per heavy atom. The molecule has 0 aliphatic carbocycles. The lowest BCUT2D eigenvalue weighted by Gasteiger charge is -2.05. The quantitative estimate of drug-likeness (QED) is 0.511. The number of aryl methyl sites for hydroxylation is 2. The van der Waals surface area contributed by atoms with Gasteiger partial charge in [-0.2, -0.15) is 14.9 Å². The van der Waals surface area contributed by atoms with Gasteiger partial charge in [-0.05, 0) is 37.8 Å². The smallest absolute Gasteiger partial charge is 0.267 e. The minimum absolute atomic E-state index is 0.151. The molecule has 136 valence electrons. The van der Waals surface area contributed by atoms with E-state index in [0.29, 0.717) is 17.8 Å². The molecule has 0 spiro atoms. The van der Waals surface area contributed by atoms with Crippen molar-refractivity contribution in [1.29, 1.82) is 0 Å². The van der Waals surface area contributed by atoms with Gasteiger partial charge < -0.3 is 0 Å². The van der Waals surface area contributed by atoms with Crippen LogP contribution in [0, 0.1) is 20.8 Å². The summed E-state index contributed by atoms with van der Waals surface area (Å²) in [5.41, 5.74) is 3.84. The number of thiophene rings is 1. The third kappa shape index (κ3) is 3.21. The second-order valence-electron chi connectivity index (χ2n) is 6.39. The molecule has 1 aromatic carbocycles. The van der Waals surface area contributed by atoms with E-state index in [-0.39, 0.29) is 5.56 Å². The highest BCUT2D eigenvalue weighted by molar-refractivity contribution is 7.16. The van der Waals surface area contributed by atoms with E-state index in [4.69, 9.17) is 0 Å². The van der Waals surface area contributed by atoms with E-state index < -0.39 is 0 Å². The van der Waals surface area contributed by atoms with Gasteiger partial charge in [0, 0.05) is 11.3 Å². The van der Waals surface area contributed by atoms with E-state index in [1.807, 2.05) is 42.1 Å². The summed E-state index contributed by atoms with van der Waals surface area (Å²) in [6, 6.07) is 12.0. The van der Waals surface area contributed by atoms with Gasteiger partial charge in [0.15, 0.2) is 0 Å². The molecule has 0 fully saturated rings. The molecule has 0 radical (unpaired) electrons. The summed E-state index contributed by atoms with van der Waals surface area (Å²) in [5, 5.41) is 11.5. The van der Waals surface area contributed by atoms with Crippen LogP contribution in [0.4, 0.5) is 0 Å². The van der Waals surface area contributed by atoms with Gasteiger partial charge in [0.2, 0.25) is 0 Å². The molecule has 0 aliphatic heterocycles. The second kappa shape index (κ2) is 6.92. The zero-order chi connectivity index (χ0) is 19.0. The highest BCUT2D eigenvalue weighted by Gasteiger charge is 2.12. The molecule has 0 atom stereocenters. The van der Waals surface area contributed by atoms with Gasteiger partial charge in [-0.25, -0.2) is 4.98 Å². The maximum absolute atomic E-state index is 12.6. The number of hydrogen-bond acceptors (Lipinski definition) is 5. The van der Waals surface area contributed by atoms with Crippen LogP contribution in [-0.4, -0.2) is 25.7 Å². The lowest BCUT2D eigenvalue weighted by atomic mass is 10.2. The van der Waals surface area contributed by atoms with Crippen molar-refractivity contribution in [3.63, 3.8) is 0 Å². The highest BCUT2D eigenvalue weighted by Crippen LogP contribution is 2.16. The molecular weight excluding hydrogens is 358 g/mol. The van der Waals surface area contributed by atoms with Gasteiger partial charge in [0.25, 0.3) is 5.56 Å². The van der Waals surface area contributed by atoms with Crippen LogP contribution < -0.4 is 5.56 Å². The van der Waals surface area contributed by atoms with E-state index in [2.05, 4.69) is 27.3 Å². The Morgan fingerprint density at radius 1 is 1.15 bits per heavy atom. The van der Waals surface area contributed by atoms with E-state index in [0.717, 1.165) is 21.8 Å². The Bertz CT molecular complexity index is 1200. The fourth-order valence-corrected chi connectivity index (χ4v) is 3.87. The van der Waals surface area contributed by atoms with Crippen LogP contribution in [0.3, 0.4) is 0 Å². The molecule has 6 nitrogen and oxygen atoms in total. The SMILES string of the molecule is Cc1nn(Cc2ccccc2)c(C)c1C=Nn1c(C)nc2sccc2c1=O.